The maximum Gasteiger partial charge on any atom is 0.226 e. The molecule has 4 rings (SSSR count). The number of piperidine rings is 2. The summed E-state index contributed by atoms with van der Waals surface area (Å²) in [6, 6.07) is 19.0. The van der Waals surface area contributed by atoms with Crippen LogP contribution in [0.3, 0.4) is 0 Å². The van der Waals surface area contributed by atoms with Gasteiger partial charge < -0.3 is 9.64 Å². The minimum atomic E-state index is 0.148. The van der Waals surface area contributed by atoms with Crippen LogP contribution in [0.5, 0.6) is 5.75 Å². The standard InChI is InChI=1S/C26H34N2O2/c1-30-25-11-5-9-23(18-25)19-27-14-6-10-24(20-27)26(29)28-15-12-22(13-16-28)17-21-7-3-2-4-8-21/h2-5,7-9,11,18,22,24H,6,10,12-17,19-20H2,1H3. The number of amides is 1. The van der Waals surface area contributed by atoms with Crippen LogP contribution in [-0.2, 0) is 17.8 Å². The molecule has 2 aromatic rings. The quantitative estimate of drug-likeness (QED) is 0.713. The van der Waals surface area contributed by atoms with Gasteiger partial charge in [0.15, 0.2) is 0 Å². The third-order valence-electron chi connectivity index (χ3n) is 6.69. The summed E-state index contributed by atoms with van der Waals surface area (Å²) >= 11 is 0. The van der Waals surface area contributed by atoms with Crippen LogP contribution in [0.15, 0.2) is 54.6 Å². The Morgan fingerprint density at radius 2 is 1.73 bits per heavy atom. The van der Waals surface area contributed by atoms with E-state index in [-0.39, 0.29) is 5.92 Å². The van der Waals surface area contributed by atoms with Crippen molar-refractivity contribution in [3.63, 3.8) is 0 Å². The summed E-state index contributed by atoms with van der Waals surface area (Å²) in [5, 5.41) is 0. The van der Waals surface area contributed by atoms with E-state index >= 15 is 0 Å². The normalized spacial score (nSPS) is 20.8. The van der Waals surface area contributed by atoms with Crippen molar-refractivity contribution in [2.75, 3.05) is 33.3 Å². The lowest BCUT2D eigenvalue weighted by Gasteiger charge is -2.38. The zero-order valence-electron chi connectivity index (χ0n) is 18.1. The Bertz CT molecular complexity index is 815. The van der Waals surface area contributed by atoms with Gasteiger partial charge in [0.05, 0.1) is 13.0 Å². The fraction of sp³-hybridized carbons (Fsp3) is 0.500. The topological polar surface area (TPSA) is 32.8 Å². The van der Waals surface area contributed by atoms with Crippen molar-refractivity contribution < 1.29 is 9.53 Å². The summed E-state index contributed by atoms with van der Waals surface area (Å²) in [6.07, 6.45) is 5.52. The highest BCUT2D eigenvalue weighted by atomic mass is 16.5. The van der Waals surface area contributed by atoms with Gasteiger partial charge in [-0.3, -0.25) is 9.69 Å². The number of carbonyl (C=O) groups excluding carboxylic acids is 1. The highest BCUT2D eigenvalue weighted by Gasteiger charge is 2.31. The van der Waals surface area contributed by atoms with Gasteiger partial charge in [-0.25, -0.2) is 0 Å². The van der Waals surface area contributed by atoms with Gasteiger partial charge in [-0.1, -0.05) is 42.5 Å². The minimum absolute atomic E-state index is 0.148. The summed E-state index contributed by atoms with van der Waals surface area (Å²) in [6.45, 7) is 4.67. The van der Waals surface area contributed by atoms with Crippen LogP contribution in [0.4, 0.5) is 0 Å². The third kappa shape index (κ3) is 5.42. The molecule has 2 heterocycles. The van der Waals surface area contributed by atoms with Crippen molar-refractivity contribution >= 4 is 5.91 Å². The van der Waals surface area contributed by atoms with Crippen LogP contribution >= 0.6 is 0 Å². The van der Waals surface area contributed by atoms with Crippen molar-refractivity contribution in [2.45, 2.75) is 38.6 Å². The van der Waals surface area contributed by atoms with Gasteiger partial charge in [-0.2, -0.15) is 0 Å². The molecule has 2 fully saturated rings. The van der Waals surface area contributed by atoms with Crippen molar-refractivity contribution in [1.29, 1.82) is 0 Å². The summed E-state index contributed by atoms with van der Waals surface area (Å²) in [4.78, 5) is 17.8. The van der Waals surface area contributed by atoms with Crippen LogP contribution in [-0.4, -0.2) is 49.0 Å². The number of hydrogen-bond donors (Lipinski definition) is 0. The average Bonchev–Trinajstić information content (AvgIpc) is 2.80. The summed E-state index contributed by atoms with van der Waals surface area (Å²) in [5.74, 6) is 2.13. The lowest BCUT2D eigenvalue weighted by molar-refractivity contribution is -0.138. The predicted octanol–water partition coefficient (Wildman–Crippen LogP) is 4.39. The van der Waals surface area contributed by atoms with Crippen molar-refractivity contribution in [3.8, 4) is 5.75 Å². The van der Waals surface area contributed by atoms with Gasteiger partial charge >= 0.3 is 0 Å². The van der Waals surface area contributed by atoms with E-state index in [0.29, 0.717) is 11.8 Å². The maximum atomic E-state index is 13.2. The fourth-order valence-electron chi connectivity index (χ4n) is 4.99. The van der Waals surface area contributed by atoms with Crippen LogP contribution < -0.4 is 4.74 Å². The number of carbonyl (C=O) groups is 1. The van der Waals surface area contributed by atoms with Gasteiger partial charge in [-0.05, 0) is 67.8 Å². The van der Waals surface area contributed by atoms with E-state index in [9.17, 15) is 4.79 Å². The van der Waals surface area contributed by atoms with E-state index in [0.717, 1.165) is 70.6 Å². The van der Waals surface area contributed by atoms with Crippen molar-refractivity contribution in [3.05, 3.63) is 65.7 Å². The highest BCUT2D eigenvalue weighted by molar-refractivity contribution is 5.79. The Kier molecular flexibility index (Phi) is 7.06. The summed E-state index contributed by atoms with van der Waals surface area (Å²) in [7, 11) is 1.71. The maximum absolute atomic E-state index is 13.2. The monoisotopic (exact) mass is 406 g/mol. The molecule has 160 valence electrons. The lowest BCUT2D eigenvalue weighted by atomic mass is 9.89. The van der Waals surface area contributed by atoms with Gasteiger partial charge in [0.25, 0.3) is 0 Å². The van der Waals surface area contributed by atoms with Crippen molar-refractivity contribution in [2.24, 2.45) is 11.8 Å². The molecule has 4 heteroatoms. The second-order valence-corrected chi connectivity index (χ2v) is 8.88. The Labute approximate surface area is 180 Å². The first-order valence-corrected chi connectivity index (χ1v) is 11.4. The molecule has 1 amide bonds. The van der Waals surface area contributed by atoms with Gasteiger partial charge in [0, 0.05) is 26.2 Å². The van der Waals surface area contributed by atoms with Crippen molar-refractivity contribution in [1.82, 2.24) is 9.80 Å². The molecule has 1 atom stereocenters. The molecule has 0 aromatic heterocycles. The predicted molar refractivity (Wildman–Crippen MR) is 120 cm³/mol. The van der Waals surface area contributed by atoms with E-state index in [1.807, 2.05) is 12.1 Å². The number of rotatable bonds is 6. The van der Waals surface area contributed by atoms with E-state index in [1.54, 1.807) is 7.11 Å². The number of benzene rings is 2. The van der Waals surface area contributed by atoms with Crippen LogP contribution in [0.25, 0.3) is 0 Å². The molecule has 1 unspecified atom stereocenters. The largest absolute Gasteiger partial charge is 0.497 e. The Morgan fingerprint density at radius 3 is 2.50 bits per heavy atom. The molecule has 2 saturated heterocycles. The van der Waals surface area contributed by atoms with Gasteiger partial charge in [-0.15, -0.1) is 0 Å². The smallest absolute Gasteiger partial charge is 0.226 e. The first-order valence-electron chi connectivity index (χ1n) is 11.4. The molecule has 2 aliphatic rings. The number of methoxy groups -OCH3 is 1. The molecular formula is C26H34N2O2. The zero-order chi connectivity index (χ0) is 20.8. The molecule has 2 aromatic carbocycles. The van der Waals surface area contributed by atoms with Crippen LogP contribution in [0, 0.1) is 11.8 Å². The van der Waals surface area contributed by atoms with E-state index in [4.69, 9.17) is 4.74 Å². The Morgan fingerprint density at radius 1 is 0.967 bits per heavy atom. The lowest BCUT2D eigenvalue weighted by Crippen LogP contribution is -2.47. The van der Waals surface area contributed by atoms with E-state index < -0.39 is 0 Å². The average molecular weight is 407 g/mol. The summed E-state index contributed by atoms with van der Waals surface area (Å²) < 4.78 is 5.35. The molecule has 0 saturated carbocycles. The van der Waals surface area contributed by atoms with Crippen LogP contribution in [0.1, 0.15) is 36.8 Å². The Balaban J connectivity index is 1.27. The Hall–Kier alpha value is -2.33. The molecule has 0 bridgehead atoms. The number of nitrogens with zero attached hydrogens (tertiary/aromatic N) is 2. The number of hydrogen-bond acceptors (Lipinski definition) is 3. The fourth-order valence-corrected chi connectivity index (χ4v) is 4.99. The molecule has 4 nitrogen and oxygen atoms in total. The first-order chi connectivity index (χ1) is 14.7. The first kappa shape index (κ1) is 20.9. The van der Waals surface area contributed by atoms with Crippen LogP contribution in [0.2, 0.25) is 0 Å². The number of likely N-dealkylation sites (tertiary alicyclic amines) is 2. The zero-order valence-corrected chi connectivity index (χ0v) is 18.1. The van der Waals surface area contributed by atoms with E-state index in [2.05, 4.69) is 52.3 Å². The molecular weight excluding hydrogens is 372 g/mol. The van der Waals surface area contributed by atoms with Gasteiger partial charge in [0.2, 0.25) is 5.91 Å². The second kappa shape index (κ2) is 10.1. The molecule has 0 spiro atoms. The molecule has 0 N–H and O–H groups in total. The minimum Gasteiger partial charge on any atom is -0.497 e. The molecule has 0 aliphatic carbocycles. The van der Waals surface area contributed by atoms with Gasteiger partial charge in [0.1, 0.15) is 5.75 Å². The molecule has 30 heavy (non-hydrogen) atoms. The highest BCUT2D eigenvalue weighted by Crippen LogP contribution is 2.26. The molecule has 0 radical (unpaired) electrons. The summed E-state index contributed by atoms with van der Waals surface area (Å²) in [5.41, 5.74) is 2.67. The number of ether oxygens (including phenoxy) is 1. The molecule has 2 aliphatic heterocycles. The third-order valence-corrected chi connectivity index (χ3v) is 6.69. The SMILES string of the molecule is COc1cccc(CN2CCCC(C(=O)N3CCC(Cc4ccccc4)CC3)C2)c1. The van der Waals surface area contributed by atoms with E-state index in [1.165, 1.54) is 11.1 Å². The second-order valence-electron chi connectivity index (χ2n) is 8.88.